The van der Waals surface area contributed by atoms with E-state index in [0.29, 0.717) is 22.6 Å². The molecule has 7 rings (SSSR count). The zero-order valence-electron chi connectivity index (χ0n) is 37.3. The van der Waals surface area contributed by atoms with Crippen LogP contribution in [0.3, 0.4) is 0 Å². The fourth-order valence-electron chi connectivity index (χ4n) is 6.47. The third kappa shape index (κ3) is 14.9. The van der Waals surface area contributed by atoms with Crippen molar-refractivity contribution in [2.45, 2.75) is 35.8 Å². The number of halogens is 1. The molecule has 0 aliphatic carbocycles. The van der Waals surface area contributed by atoms with Crippen LogP contribution in [0.4, 0.5) is 51.7 Å². The summed E-state index contributed by atoms with van der Waals surface area (Å²) in [4.78, 5) is 22.6. The van der Waals surface area contributed by atoms with Crippen molar-refractivity contribution >= 4 is 169 Å². The number of fused-ring (bicyclic) bond motifs is 2. The van der Waals surface area contributed by atoms with Gasteiger partial charge in [0, 0.05) is 27.0 Å². The average Bonchev–Trinajstić information content (AvgIpc) is 3.40. The molecule has 0 fully saturated rings. The van der Waals surface area contributed by atoms with Crippen LogP contribution in [0.1, 0.15) is 6.42 Å². The quantitative estimate of drug-likeness (QED) is 0.00512. The molecule has 1 heterocycles. The number of azo groups is 2. The lowest BCUT2D eigenvalue weighted by molar-refractivity contribution is -0.435. The number of hydrogen-bond acceptors (Lipinski definition) is 31. The van der Waals surface area contributed by atoms with E-state index < -0.39 is 86.4 Å². The van der Waals surface area contributed by atoms with E-state index in [-0.39, 0.29) is 101 Å². The van der Waals surface area contributed by atoms with Gasteiger partial charge < -0.3 is 30.2 Å². The second-order valence-electron chi connectivity index (χ2n) is 14.3. The third-order valence-electron chi connectivity index (χ3n) is 9.57. The Labute approximate surface area is 452 Å². The normalized spacial score (nSPS) is 12.9. The number of phenolic OH excluding ortho intramolecular Hbond substituents is 1. The lowest BCUT2D eigenvalue weighted by Crippen LogP contribution is -2.08. The average molecular weight is 1220 g/mol. The van der Waals surface area contributed by atoms with Crippen LogP contribution in [0.25, 0.3) is 21.5 Å². The molecule has 0 spiro atoms. The van der Waals surface area contributed by atoms with Crippen LogP contribution in [-0.2, 0) is 79.5 Å². The number of benzene rings is 6. The van der Waals surface area contributed by atoms with Crippen molar-refractivity contribution in [3.63, 3.8) is 0 Å². The van der Waals surface area contributed by atoms with Crippen LogP contribution in [0.2, 0.25) is 5.28 Å². The summed E-state index contributed by atoms with van der Waals surface area (Å²) in [6.45, 7) is 0. The molecule has 2 atom stereocenters. The molecule has 7 aromatic rings. The zero-order valence-corrected chi connectivity index (χ0v) is 43.8. The lowest BCUT2D eigenvalue weighted by Gasteiger charge is -2.14. The van der Waals surface area contributed by atoms with Gasteiger partial charge in [-0.05, 0) is 83.7 Å². The Hall–Kier alpha value is -6.22. The highest BCUT2D eigenvalue weighted by Crippen LogP contribution is 2.50. The predicted octanol–water partition coefficient (Wildman–Crippen LogP) is 9.39. The summed E-state index contributed by atoms with van der Waals surface area (Å²) in [6.07, 6.45) is -0.304. The van der Waals surface area contributed by atoms with Gasteiger partial charge in [-0.3, -0.25) is 13.9 Å². The van der Waals surface area contributed by atoms with Gasteiger partial charge in [0.25, 0.3) is 20.2 Å². The van der Waals surface area contributed by atoms with Crippen LogP contribution < -0.4 is 16.4 Å². The molecule has 2 unspecified atom stereocenters. The Balaban J connectivity index is 1.20. The summed E-state index contributed by atoms with van der Waals surface area (Å²) in [5, 5.41) is 69.5. The number of rotatable bonds is 24. The fraction of sp³-hybridized carbons (Fsp3) is 0.0526. The lowest BCUT2D eigenvalue weighted by atomic mass is 10.1. The first-order chi connectivity index (χ1) is 36.7. The molecule has 0 saturated heterocycles. The van der Waals surface area contributed by atoms with Gasteiger partial charge in [-0.25, -0.2) is 24.2 Å². The summed E-state index contributed by atoms with van der Waals surface area (Å²) >= 11 is 2.66. The number of nitrogens with one attached hydrogen (secondary N) is 2. The topological polar surface area (TPSA) is 464 Å². The number of aromatic nitrogens is 3. The van der Waals surface area contributed by atoms with Gasteiger partial charge in [-0.15, -0.1) is 33.5 Å². The molecular weight excluding hydrogens is 1190 g/mol. The molecule has 77 heavy (non-hydrogen) atoms. The van der Waals surface area contributed by atoms with Crippen LogP contribution in [-0.4, -0.2) is 86.5 Å². The Bertz CT molecular complexity index is 3740. The van der Waals surface area contributed by atoms with Gasteiger partial charge in [0.05, 0.1) is 74.1 Å². The number of nitrogen functional groups attached to an aromatic ring is 1. The van der Waals surface area contributed by atoms with Gasteiger partial charge in [-0.1, -0.05) is 33.3 Å². The van der Waals surface area contributed by atoms with Crippen LogP contribution in [0, 0.1) is 0 Å². The molecule has 1 aromatic heterocycles. The Kier molecular flexibility index (Phi) is 19.7. The van der Waals surface area contributed by atoms with Crippen molar-refractivity contribution in [1.29, 1.82) is 0 Å². The van der Waals surface area contributed by atoms with E-state index in [4.69, 9.17) is 37.3 Å². The van der Waals surface area contributed by atoms with E-state index in [2.05, 4.69) is 74.2 Å². The molecular formula is C38H29ClN10O21S7. The zero-order chi connectivity index (χ0) is 55.6. The number of anilines is 5. The molecule has 0 radical (unpaired) electrons. The molecule has 0 amide bonds. The second-order valence-corrected chi connectivity index (χ2v) is 21.7. The van der Waals surface area contributed by atoms with Crippen LogP contribution >= 0.6 is 47.7 Å². The van der Waals surface area contributed by atoms with Gasteiger partial charge in [0.15, 0.2) is 27.9 Å². The Morgan fingerprint density at radius 3 is 2.04 bits per heavy atom. The first kappa shape index (κ1) is 58.5. The molecule has 11 N–H and O–H groups in total. The van der Waals surface area contributed by atoms with Crippen LogP contribution in [0.15, 0.2) is 135 Å². The number of hydrogen-bond donors (Lipinski definition) is 10. The monoisotopic (exact) mass is 1220 g/mol. The first-order valence-electron chi connectivity index (χ1n) is 20.0. The van der Waals surface area contributed by atoms with Gasteiger partial charge in [0.1, 0.15) is 32.5 Å². The number of nitrogens with zero attached hydrogens (tertiary/aromatic N) is 7. The maximum absolute atomic E-state index is 12.8. The first-order valence-corrected chi connectivity index (χ1v) is 27.8. The Morgan fingerprint density at radius 2 is 1.38 bits per heavy atom. The maximum atomic E-state index is 12.8. The number of carbonyl (C=O) groups is 1. The smallest absolute Gasteiger partial charge is 0.319 e. The minimum absolute atomic E-state index is 0.0290. The summed E-state index contributed by atoms with van der Waals surface area (Å²) in [6, 6.07) is 18.0. The molecule has 39 heteroatoms. The molecule has 406 valence electrons. The molecule has 6 aromatic carbocycles. The second kappa shape index (κ2) is 26.0. The van der Waals surface area contributed by atoms with E-state index in [1.165, 1.54) is 36.4 Å². The van der Waals surface area contributed by atoms with Crippen molar-refractivity contribution in [3.05, 3.63) is 90.2 Å². The van der Waals surface area contributed by atoms with Crippen molar-refractivity contribution in [2.24, 2.45) is 20.5 Å². The number of carbonyl (C=O) groups excluding carboxylic acids is 1. The minimum Gasteiger partial charge on any atom is -0.505 e. The molecule has 0 bridgehead atoms. The van der Waals surface area contributed by atoms with E-state index in [1.54, 1.807) is 24.3 Å². The number of nitrogens with two attached hydrogens (primary N) is 1. The standard InChI is InChI=1S/C38H29ClN10O21S7/c39-36-43-37(41-18-4-7-20(8-5-18)71-64-29(50)12-13-74(55)70-67-54)45-38(44-36)42-19-6-11-26(75(56)57)24(16-19)47-48-32-25(72-68-65-52)14-17-15-28(77(61,62)63)33(34(51)30(17)31(32)40)49-46-23-10-9-21-22(35(23)73-69-66-53)2-1-3-27(21)76(58,59)60/h1-11,14-16,51-54H,12-13,40H2,(H,56,57)(H,58,59,60)(H,61,62,63)(H2,41,42,43,44,45). The van der Waals surface area contributed by atoms with Gasteiger partial charge in [0.2, 0.25) is 17.2 Å². The summed E-state index contributed by atoms with van der Waals surface area (Å²) in [5.74, 6) is -2.28. The highest BCUT2D eigenvalue weighted by molar-refractivity contribution is 7.95. The summed E-state index contributed by atoms with van der Waals surface area (Å²) in [5.41, 5.74) is 4.74. The third-order valence-corrected chi connectivity index (χ3v) is 15.1. The fourth-order valence-corrected chi connectivity index (χ4v) is 10.5. The predicted molar refractivity (Wildman–Crippen MR) is 271 cm³/mol. The summed E-state index contributed by atoms with van der Waals surface area (Å²) < 4.78 is 122. The van der Waals surface area contributed by atoms with Gasteiger partial charge >= 0.3 is 5.97 Å². The maximum Gasteiger partial charge on any atom is 0.319 e. The Morgan fingerprint density at radius 1 is 0.727 bits per heavy atom. The van der Waals surface area contributed by atoms with E-state index in [0.717, 1.165) is 24.3 Å². The highest BCUT2D eigenvalue weighted by atomic mass is 35.5. The molecule has 0 aliphatic rings. The number of aromatic hydroxyl groups is 1. The SMILES string of the molecule is Nc1c(N=Nc2cc(Nc3nc(Cl)nc(Nc4ccc(SOC(=O)CCS(=O)OOO)cc4)n3)ccc2S(=O)O)c(SOOO)cc2cc(S(=O)(=O)O)c(N=Nc3ccc4c(S(=O)(=O)O)cccc4c3SOOO)c(O)c12. The number of phenols is 1. The molecule has 31 nitrogen and oxygen atoms in total. The summed E-state index contributed by atoms with van der Waals surface area (Å²) in [7, 11) is -10.1. The van der Waals surface area contributed by atoms with Crippen LogP contribution in [0.5, 0.6) is 5.75 Å². The van der Waals surface area contributed by atoms with Crippen molar-refractivity contribution in [3.8, 4) is 5.75 Å². The van der Waals surface area contributed by atoms with E-state index >= 15 is 0 Å². The van der Waals surface area contributed by atoms with E-state index in [9.17, 15) is 48.8 Å². The van der Waals surface area contributed by atoms with Crippen molar-refractivity contribution < 1.29 is 96.9 Å². The highest BCUT2D eigenvalue weighted by Gasteiger charge is 2.27. The van der Waals surface area contributed by atoms with Crippen molar-refractivity contribution in [2.75, 3.05) is 22.1 Å². The van der Waals surface area contributed by atoms with Crippen molar-refractivity contribution in [1.82, 2.24) is 15.0 Å². The molecule has 0 saturated carbocycles. The van der Waals surface area contributed by atoms with E-state index in [1.807, 2.05) is 0 Å². The minimum atomic E-state index is -5.29. The largest absolute Gasteiger partial charge is 0.505 e. The molecule has 0 aliphatic heterocycles. The van der Waals surface area contributed by atoms with Gasteiger partial charge in [-0.2, -0.15) is 31.8 Å².